The zero-order chi connectivity index (χ0) is 11.5. The van der Waals surface area contributed by atoms with Gasteiger partial charge in [0.1, 0.15) is 5.75 Å². The fourth-order valence-electron chi connectivity index (χ4n) is 1.96. The third kappa shape index (κ3) is 2.48. The summed E-state index contributed by atoms with van der Waals surface area (Å²) in [7, 11) is 0. The molecule has 1 aromatic carbocycles. The van der Waals surface area contributed by atoms with Crippen LogP contribution in [0.25, 0.3) is 0 Å². The molecule has 88 valence electrons. The zero-order valence-corrected chi connectivity index (χ0v) is 8.70. The molecule has 1 saturated heterocycles. The summed E-state index contributed by atoms with van der Waals surface area (Å²) in [5.41, 5.74) is 6.97. The molecule has 3 N–H and O–H groups in total. The molecule has 0 spiro atoms. The summed E-state index contributed by atoms with van der Waals surface area (Å²) in [6.45, 7) is -1.16. The lowest BCUT2D eigenvalue weighted by Crippen LogP contribution is -2.27. The van der Waals surface area contributed by atoms with Gasteiger partial charge in [0.05, 0.1) is 0 Å². The highest BCUT2D eigenvalue weighted by atomic mass is 19.3. The molecule has 1 aromatic rings. The number of benzene rings is 1. The molecular weight excluding hydrogens is 214 g/mol. The van der Waals surface area contributed by atoms with E-state index in [0.29, 0.717) is 0 Å². The summed E-state index contributed by atoms with van der Waals surface area (Å²) < 4.78 is 28.1. The van der Waals surface area contributed by atoms with E-state index in [4.69, 9.17) is 5.73 Å². The Balaban J connectivity index is 2.07. The number of rotatable bonds is 3. The average molecular weight is 228 g/mol. The second-order valence-electron chi connectivity index (χ2n) is 3.88. The molecule has 0 aliphatic carbocycles. The minimum absolute atomic E-state index is 0.0851. The first kappa shape index (κ1) is 11.3. The molecule has 1 aliphatic heterocycles. The van der Waals surface area contributed by atoms with Crippen LogP contribution >= 0.6 is 0 Å². The van der Waals surface area contributed by atoms with Crippen LogP contribution in [0, 0.1) is 0 Å². The van der Waals surface area contributed by atoms with Crippen LogP contribution in [-0.4, -0.2) is 25.7 Å². The van der Waals surface area contributed by atoms with Gasteiger partial charge in [0.15, 0.2) is 0 Å². The molecule has 0 bridgehead atoms. The fraction of sp³-hybridized carbons (Fsp3) is 0.455. The first-order valence-corrected chi connectivity index (χ1v) is 5.18. The first-order valence-electron chi connectivity index (χ1n) is 5.18. The van der Waals surface area contributed by atoms with Crippen LogP contribution in [-0.2, 0) is 0 Å². The number of ether oxygens (including phenoxy) is 1. The maximum atomic E-state index is 11.9. The van der Waals surface area contributed by atoms with Gasteiger partial charge < -0.3 is 15.8 Å². The van der Waals surface area contributed by atoms with Crippen molar-refractivity contribution in [2.45, 2.75) is 18.6 Å². The van der Waals surface area contributed by atoms with Crippen LogP contribution in [0.2, 0.25) is 0 Å². The van der Waals surface area contributed by atoms with Gasteiger partial charge in [-0.15, -0.1) is 0 Å². The fourth-order valence-corrected chi connectivity index (χ4v) is 1.96. The predicted molar refractivity (Wildman–Crippen MR) is 56.7 cm³/mol. The Morgan fingerprint density at radius 3 is 2.44 bits per heavy atom. The van der Waals surface area contributed by atoms with Crippen LogP contribution in [0.1, 0.15) is 11.5 Å². The molecule has 16 heavy (non-hydrogen) atoms. The van der Waals surface area contributed by atoms with E-state index >= 15 is 0 Å². The van der Waals surface area contributed by atoms with E-state index in [1.54, 1.807) is 24.3 Å². The summed E-state index contributed by atoms with van der Waals surface area (Å²) in [5, 5.41) is 3.19. The Bertz CT molecular complexity index is 342. The molecule has 2 unspecified atom stereocenters. The standard InChI is InChI=1S/C11H14F2N2O/c12-11(13)16-8-3-1-7(2-4-8)9-5-15-6-10(9)14/h1-4,9-11,15H,5-6,14H2. The Morgan fingerprint density at radius 2 is 1.94 bits per heavy atom. The van der Waals surface area contributed by atoms with Gasteiger partial charge >= 0.3 is 6.61 Å². The van der Waals surface area contributed by atoms with Crippen molar-refractivity contribution in [1.82, 2.24) is 5.32 Å². The third-order valence-corrected chi connectivity index (χ3v) is 2.79. The molecule has 5 heteroatoms. The molecule has 1 fully saturated rings. The van der Waals surface area contributed by atoms with Crippen molar-refractivity contribution in [1.29, 1.82) is 0 Å². The van der Waals surface area contributed by atoms with Gasteiger partial charge in [0.2, 0.25) is 0 Å². The van der Waals surface area contributed by atoms with Crippen molar-refractivity contribution >= 4 is 0 Å². The molecule has 2 atom stereocenters. The van der Waals surface area contributed by atoms with Crippen molar-refractivity contribution in [3.05, 3.63) is 29.8 Å². The van der Waals surface area contributed by atoms with E-state index < -0.39 is 6.61 Å². The van der Waals surface area contributed by atoms with Crippen molar-refractivity contribution < 1.29 is 13.5 Å². The van der Waals surface area contributed by atoms with E-state index in [0.717, 1.165) is 18.7 Å². The second-order valence-corrected chi connectivity index (χ2v) is 3.88. The number of alkyl halides is 2. The van der Waals surface area contributed by atoms with E-state index in [1.807, 2.05) is 0 Å². The molecule has 0 radical (unpaired) electrons. The van der Waals surface area contributed by atoms with Crippen LogP contribution in [0.15, 0.2) is 24.3 Å². The summed E-state index contributed by atoms with van der Waals surface area (Å²) in [4.78, 5) is 0. The molecule has 3 nitrogen and oxygen atoms in total. The monoisotopic (exact) mass is 228 g/mol. The minimum atomic E-state index is -2.78. The average Bonchev–Trinajstić information content (AvgIpc) is 2.65. The number of hydrogen-bond acceptors (Lipinski definition) is 3. The lowest BCUT2D eigenvalue weighted by molar-refractivity contribution is -0.0498. The Labute approximate surface area is 92.6 Å². The van der Waals surface area contributed by atoms with Gasteiger partial charge in [-0.2, -0.15) is 8.78 Å². The molecule has 0 saturated carbocycles. The summed E-state index contributed by atoms with van der Waals surface area (Å²) in [5.74, 6) is 0.430. The topological polar surface area (TPSA) is 47.3 Å². The third-order valence-electron chi connectivity index (χ3n) is 2.79. The van der Waals surface area contributed by atoms with E-state index in [-0.39, 0.29) is 17.7 Å². The predicted octanol–water partition coefficient (Wildman–Crippen LogP) is 1.30. The lowest BCUT2D eigenvalue weighted by atomic mass is 9.95. The van der Waals surface area contributed by atoms with Crippen molar-refractivity contribution in [2.75, 3.05) is 13.1 Å². The lowest BCUT2D eigenvalue weighted by Gasteiger charge is -2.14. The number of halogens is 2. The normalized spacial score (nSPS) is 25.0. The summed E-state index contributed by atoms with van der Waals surface area (Å²) >= 11 is 0. The zero-order valence-electron chi connectivity index (χ0n) is 8.70. The van der Waals surface area contributed by atoms with Crippen LogP contribution in [0.4, 0.5) is 8.78 Å². The highest BCUT2D eigenvalue weighted by Gasteiger charge is 2.24. The van der Waals surface area contributed by atoms with Gasteiger partial charge in [-0.3, -0.25) is 0 Å². The van der Waals surface area contributed by atoms with E-state index in [9.17, 15) is 8.78 Å². The number of hydrogen-bond donors (Lipinski definition) is 2. The Morgan fingerprint density at radius 1 is 1.25 bits per heavy atom. The highest BCUT2D eigenvalue weighted by Crippen LogP contribution is 2.24. The highest BCUT2D eigenvalue weighted by molar-refractivity contribution is 5.31. The first-order chi connectivity index (χ1) is 7.66. The molecule has 2 rings (SSSR count). The molecular formula is C11H14F2N2O. The van der Waals surface area contributed by atoms with E-state index in [2.05, 4.69) is 10.1 Å². The largest absolute Gasteiger partial charge is 0.435 e. The van der Waals surface area contributed by atoms with Crippen LogP contribution in [0.3, 0.4) is 0 Å². The van der Waals surface area contributed by atoms with Gasteiger partial charge in [-0.05, 0) is 17.7 Å². The van der Waals surface area contributed by atoms with Gasteiger partial charge in [0.25, 0.3) is 0 Å². The van der Waals surface area contributed by atoms with Crippen LogP contribution < -0.4 is 15.8 Å². The van der Waals surface area contributed by atoms with Gasteiger partial charge in [-0.25, -0.2) is 0 Å². The van der Waals surface area contributed by atoms with Gasteiger partial charge in [-0.1, -0.05) is 12.1 Å². The van der Waals surface area contributed by atoms with Crippen molar-refractivity contribution in [2.24, 2.45) is 5.73 Å². The van der Waals surface area contributed by atoms with Crippen molar-refractivity contribution in [3.8, 4) is 5.75 Å². The second kappa shape index (κ2) is 4.76. The van der Waals surface area contributed by atoms with Crippen molar-refractivity contribution in [3.63, 3.8) is 0 Å². The molecule has 1 heterocycles. The maximum absolute atomic E-state index is 11.9. The smallest absolute Gasteiger partial charge is 0.387 e. The van der Waals surface area contributed by atoms with Crippen LogP contribution in [0.5, 0.6) is 5.75 Å². The Hall–Kier alpha value is -1.20. The summed E-state index contributed by atoms with van der Waals surface area (Å²) in [6, 6.07) is 6.76. The SMILES string of the molecule is NC1CNCC1c1ccc(OC(F)F)cc1. The summed E-state index contributed by atoms with van der Waals surface area (Å²) in [6.07, 6.45) is 0. The number of nitrogens with one attached hydrogen (secondary N) is 1. The molecule has 1 aliphatic rings. The molecule has 0 amide bonds. The quantitative estimate of drug-likeness (QED) is 0.819. The maximum Gasteiger partial charge on any atom is 0.387 e. The minimum Gasteiger partial charge on any atom is -0.435 e. The Kier molecular flexibility index (Phi) is 3.36. The van der Waals surface area contributed by atoms with Gasteiger partial charge in [0, 0.05) is 25.0 Å². The van der Waals surface area contributed by atoms with E-state index in [1.165, 1.54) is 0 Å². The molecule has 0 aromatic heterocycles. The number of nitrogens with two attached hydrogens (primary N) is 1.